The molecule has 2 N–H and O–H groups in total. The average molecular weight is 234 g/mol. The summed E-state index contributed by atoms with van der Waals surface area (Å²) in [6.45, 7) is 0. The summed E-state index contributed by atoms with van der Waals surface area (Å²) in [6, 6.07) is 3.24. The Bertz CT molecular complexity index is 419. The fourth-order valence-corrected chi connectivity index (χ4v) is 2.11. The lowest BCUT2D eigenvalue weighted by Gasteiger charge is -2.12. The van der Waals surface area contributed by atoms with Crippen molar-refractivity contribution in [3.63, 3.8) is 0 Å². The van der Waals surface area contributed by atoms with Gasteiger partial charge in [0.25, 0.3) is 5.91 Å². The summed E-state index contributed by atoms with van der Waals surface area (Å²) in [7, 11) is 0. The summed E-state index contributed by atoms with van der Waals surface area (Å²) >= 11 is 0. The molecule has 0 bridgehead atoms. The first-order valence-corrected chi connectivity index (χ1v) is 5.60. The van der Waals surface area contributed by atoms with Gasteiger partial charge in [-0.3, -0.25) is 14.6 Å². The number of hydrogen-bond acceptors (Lipinski definition) is 3. The van der Waals surface area contributed by atoms with Gasteiger partial charge in [-0.2, -0.15) is 0 Å². The molecule has 5 nitrogen and oxygen atoms in total. The standard InChI is InChI=1S/C12H14N2O3/c15-11(8-3-5-13-6-4-8)14-10-2-1-9(7-10)12(16)17/h3-6,9-10H,1-2,7H2,(H,14,15)(H,16,17). The van der Waals surface area contributed by atoms with Crippen molar-refractivity contribution in [2.45, 2.75) is 25.3 Å². The number of amides is 1. The highest BCUT2D eigenvalue weighted by atomic mass is 16.4. The Balaban J connectivity index is 1.91. The number of nitrogens with zero attached hydrogens (tertiary/aromatic N) is 1. The van der Waals surface area contributed by atoms with Crippen LogP contribution < -0.4 is 5.32 Å². The number of carbonyl (C=O) groups excluding carboxylic acids is 1. The van der Waals surface area contributed by atoms with Crippen LogP contribution in [0.3, 0.4) is 0 Å². The van der Waals surface area contributed by atoms with Crippen molar-refractivity contribution in [3.05, 3.63) is 30.1 Å². The van der Waals surface area contributed by atoms with Gasteiger partial charge in [0.05, 0.1) is 5.92 Å². The maximum Gasteiger partial charge on any atom is 0.306 e. The molecule has 2 atom stereocenters. The molecule has 2 rings (SSSR count). The summed E-state index contributed by atoms with van der Waals surface area (Å²) in [5, 5.41) is 11.7. The number of hydrogen-bond donors (Lipinski definition) is 2. The van der Waals surface area contributed by atoms with Crippen molar-refractivity contribution in [2.75, 3.05) is 0 Å². The van der Waals surface area contributed by atoms with E-state index in [1.165, 1.54) is 0 Å². The van der Waals surface area contributed by atoms with Gasteiger partial charge >= 0.3 is 5.97 Å². The van der Waals surface area contributed by atoms with Crippen molar-refractivity contribution in [1.82, 2.24) is 10.3 Å². The molecule has 5 heteroatoms. The van der Waals surface area contributed by atoms with Crippen LogP contribution in [0.15, 0.2) is 24.5 Å². The molecule has 1 aromatic heterocycles. The number of carbonyl (C=O) groups is 2. The van der Waals surface area contributed by atoms with Crippen molar-refractivity contribution < 1.29 is 14.7 Å². The zero-order valence-corrected chi connectivity index (χ0v) is 9.30. The topological polar surface area (TPSA) is 79.3 Å². The molecule has 90 valence electrons. The van der Waals surface area contributed by atoms with E-state index in [1.54, 1.807) is 24.5 Å². The Hall–Kier alpha value is -1.91. The first-order chi connectivity index (χ1) is 8.16. The Morgan fingerprint density at radius 2 is 2.00 bits per heavy atom. The minimum absolute atomic E-state index is 0.0308. The number of aliphatic carboxylic acids is 1. The second-order valence-electron chi connectivity index (χ2n) is 4.25. The molecule has 1 fully saturated rings. The van der Waals surface area contributed by atoms with Crippen LogP contribution in [-0.2, 0) is 4.79 Å². The van der Waals surface area contributed by atoms with Crippen LogP contribution in [0.2, 0.25) is 0 Å². The lowest BCUT2D eigenvalue weighted by Crippen LogP contribution is -2.33. The van der Waals surface area contributed by atoms with Crippen LogP contribution in [0, 0.1) is 5.92 Å². The van der Waals surface area contributed by atoms with Crippen LogP contribution in [0.5, 0.6) is 0 Å². The van der Waals surface area contributed by atoms with Crippen molar-refractivity contribution >= 4 is 11.9 Å². The third-order valence-electron chi connectivity index (χ3n) is 3.06. The first kappa shape index (κ1) is 11.6. The molecule has 0 aromatic carbocycles. The number of carboxylic acid groups (broad SMARTS) is 1. The fraction of sp³-hybridized carbons (Fsp3) is 0.417. The highest BCUT2D eigenvalue weighted by Crippen LogP contribution is 2.25. The summed E-state index contributed by atoms with van der Waals surface area (Å²) in [6.07, 6.45) is 5.00. The maximum absolute atomic E-state index is 11.8. The van der Waals surface area contributed by atoms with Crippen LogP contribution in [0.25, 0.3) is 0 Å². The predicted molar refractivity (Wildman–Crippen MR) is 60.5 cm³/mol. The molecule has 0 spiro atoms. The Labute approximate surface area is 98.9 Å². The highest BCUT2D eigenvalue weighted by Gasteiger charge is 2.30. The molecule has 0 aliphatic heterocycles. The van der Waals surface area contributed by atoms with Gasteiger partial charge < -0.3 is 10.4 Å². The minimum Gasteiger partial charge on any atom is -0.481 e. The van der Waals surface area contributed by atoms with E-state index in [0.717, 1.165) is 6.42 Å². The molecule has 0 saturated heterocycles. The van der Waals surface area contributed by atoms with Gasteiger partial charge in [0.1, 0.15) is 0 Å². The molecule has 1 aliphatic rings. The number of rotatable bonds is 3. The predicted octanol–water partition coefficient (Wildman–Crippen LogP) is 1.06. The summed E-state index contributed by atoms with van der Waals surface area (Å²) in [4.78, 5) is 26.4. The Morgan fingerprint density at radius 1 is 1.29 bits per heavy atom. The van der Waals surface area contributed by atoms with Gasteiger partial charge in [-0.15, -0.1) is 0 Å². The van der Waals surface area contributed by atoms with E-state index < -0.39 is 5.97 Å². The quantitative estimate of drug-likeness (QED) is 0.819. The number of carboxylic acids is 1. The second kappa shape index (κ2) is 4.95. The van der Waals surface area contributed by atoms with E-state index in [9.17, 15) is 9.59 Å². The molecule has 1 amide bonds. The van der Waals surface area contributed by atoms with E-state index >= 15 is 0 Å². The van der Waals surface area contributed by atoms with Crippen LogP contribution in [0.4, 0.5) is 0 Å². The number of nitrogens with one attached hydrogen (secondary N) is 1. The molecule has 1 aromatic rings. The zero-order valence-electron chi connectivity index (χ0n) is 9.30. The van der Waals surface area contributed by atoms with Gasteiger partial charge in [-0.05, 0) is 31.4 Å². The van der Waals surface area contributed by atoms with Crippen LogP contribution >= 0.6 is 0 Å². The zero-order chi connectivity index (χ0) is 12.3. The van der Waals surface area contributed by atoms with E-state index in [0.29, 0.717) is 18.4 Å². The second-order valence-corrected chi connectivity index (χ2v) is 4.25. The highest BCUT2D eigenvalue weighted by molar-refractivity contribution is 5.94. The minimum atomic E-state index is -0.773. The average Bonchev–Trinajstić information content (AvgIpc) is 2.79. The molecule has 1 heterocycles. The van der Waals surface area contributed by atoms with Crippen molar-refractivity contribution in [2.24, 2.45) is 5.92 Å². The maximum atomic E-state index is 11.8. The molecular weight excluding hydrogens is 220 g/mol. The van der Waals surface area contributed by atoms with Gasteiger partial charge in [0.2, 0.25) is 0 Å². The van der Waals surface area contributed by atoms with Crippen LogP contribution in [-0.4, -0.2) is 28.0 Å². The van der Waals surface area contributed by atoms with E-state index in [-0.39, 0.29) is 17.9 Å². The Morgan fingerprint density at radius 3 is 2.59 bits per heavy atom. The van der Waals surface area contributed by atoms with E-state index in [4.69, 9.17) is 5.11 Å². The normalized spacial score (nSPS) is 23.3. The Kier molecular flexibility index (Phi) is 3.37. The molecule has 0 radical (unpaired) electrons. The summed E-state index contributed by atoms with van der Waals surface area (Å²) < 4.78 is 0. The van der Waals surface area contributed by atoms with E-state index in [1.807, 2.05) is 0 Å². The molecular formula is C12H14N2O3. The molecule has 1 aliphatic carbocycles. The third kappa shape index (κ3) is 2.81. The lowest BCUT2D eigenvalue weighted by molar-refractivity contribution is -0.141. The van der Waals surface area contributed by atoms with Gasteiger partial charge in [-0.25, -0.2) is 0 Å². The van der Waals surface area contributed by atoms with Crippen molar-refractivity contribution in [3.8, 4) is 0 Å². The fourth-order valence-electron chi connectivity index (χ4n) is 2.11. The summed E-state index contributed by atoms with van der Waals surface area (Å²) in [5.41, 5.74) is 0.554. The molecule has 17 heavy (non-hydrogen) atoms. The van der Waals surface area contributed by atoms with Gasteiger partial charge in [0, 0.05) is 24.0 Å². The first-order valence-electron chi connectivity index (χ1n) is 5.60. The van der Waals surface area contributed by atoms with E-state index in [2.05, 4.69) is 10.3 Å². The molecule has 1 saturated carbocycles. The largest absolute Gasteiger partial charge is 0.481 e. The number of pyridine rings is 1. The summed E-state index contributed by atoms with van der Waals surface area (Å²) in [5.74, 6) is -1.26. The monoisotopic (exact) mass is 234 g/mol. The third-order valence-corrected chi connectivity index (χ3v) is 3.06. The van der Waals surface area contributed by atoms with Gasteiger partial charge in [-0.1, -0.05) is 0 Å². The van der Waals surface area contributed by atoms with Gasteiger partial charge in [0.15, 0.2) is 0 Å². The number of aromatic nitrogens is 1. The van der Waals surface area contributed by atoms with Crippen LogP contribution in [0.1, 0.15) is 29.6 Å². The molecule has 2 unspecified atom stereocenters. The SMILES string of the molecule is O=C(NC1CCC(C(=O)O)C1)c1ccncc1. The van der Waals surface area contributed by atoms with Crippen molar-refractivity contribution in [1.29, 1.82) is 0 Å². The smallest absolute Gasteiger partial charge is 0.306 e. The lowest BCUT2D eigenvalue weighted by atomic mass is 10.1.